The van der Waals surface area contributed by atoms with Crippen molar-refractivity contribution in [2.45, 2.75) is 48.1 Å². The zero-order chi connectivity index (χ0) is 22.6. The highest BCUT2D eigenvalue weighted by Gasteiger charge is 2.20. The molecule has 0 radical (unpaired) electrons. The maximum absolute atomic E-state index is 13.1. The Labute approximate surface area is 177 Å². The van der Waals surface area contributed by atoms with Gasteiger partial charge in [-0.05, 0) is 49.5 Å². The van der Waals surface area contributed by atoms with Gasteiger partial charge >= 0.3 is 14.6 Å². The van der Waals surface area contributed by atoms with Crippen LogP contribution in [-0.4, -0.2) is 33.5 Å². The first kappa shape index (κ1) is 24.2. The van der Waals surface area contributed by atoms with Gasteiger partial charge in [0.1, 0.15) is 12.2 Å². The van der Waals surface area contributed by atoms with Crippen molar-refractivity contribution in [1.29, 1.82) is 0 Å². The maximum Gasteiger partial charge on any atom is 0.343 e. The molecular formula is C22H30NO6P. The van der Waals surface area contributed by atoms with Crippen molar-refractivity contribution >= 4 is 31.0 Å². The molecule has 2 N–H and O–H groups in total. The molecule has 0 spiro atoms. The van der Waals surface area contributed by atoms with E-state index in [2.05, 4.69) is 25.3 Å². The van der Waals surface area contributed by atoms with E-state index in [1.807, 2.05) is 43.5 Å². The van der Waals surface area contributed by atoms with Gasteiger partial charge < -0.3 is 23.6 Å². The molecule has 8 heteroatoms. The molecule has 1 heterocycles. The van der Waals surface area contributed by atoms with E-state index in [0.29, 0.717) is 11.9 Å². The Kier molecular flexibility index (Phi) is 7.94. The summed E-state index contributed by atoms with van der Waals surface area (Å²) >= 11 is 0. The predicted octanol–water partition coefficient (Wildman–Crippen LogP) is 4.25. The molecule has 2 aromatic rings. The third-order valence-electron chi connectivity index (χ3n) is 4.65. The zero-order valence-corrected chi connectivity index (χ0v) is 19.2. The van der Waals surface area contributed by atoms with Crippen LogP contribution in [0.25, 0.3) is 16.5 Å². The van der Waals surface area contributed by atoms with Crippen molar-refractivity contribution in [3.8, 4) is 0 Å². The number of carbonyl (C=O) groups is 1. The predicted molar refractivity (Wildman–Crippen MR) is 119 cm³/mol. The first-order valence-corrected chi connectivity index (χ1v) is 10.9. The Morgan fingerprint density at radius 3 is 2.37 bits per heavy atom. The number of benzene rings is 1. The second kappa shape index (κ2) is 9.84. The Bertz CT molecular complexity index is 1010. The Hall–Kier alpha value is -2.05. The van der Waals surface area contributed by atoms with E-state index in [9.17, 15) is 9.59 Å². The van der Waals surface area contributed by atoms with Crippen LogP contribution in [0.1, 0.15) is 57.5 Å². The van der Waals surface area contributed by atoms with Crippen LogP contribution in [0.5, 0.6) is 0 Å². The summed E-state index contributed by atoms with van der Waals surface area (Å²) in [5, 5.41) is 0.456. The summed E-state index contributed by atoms with van der Waals surface area (Å²) < 4.78 is 11.6. The van der Waals surface area contributed by atoms with Crippen molar-refractivity contribution in [2.24, 2.45) is 5.41 Å². The fourth-order valence-corrected chi connectivity index (χ4v) is 3.28. The molecular weight excluding hydrogens is 405 g/mol. The number of esters is 1. The van der Waals surface area contributed by atoms with Gasteiger partial charge in [-0.2, -0.15) is 0 Å². The van der Waals surface area contributed by atoms with Crippen LogP contribution in [0, 0.1) is 5.41 Å². The summed E-state index contributed by atoms with van der Waals surface area (Å²) in [5.41, 5.74) is 3.38. The molecule has 0 saturated carbocycles. The van der Waals surface area contributed by atoms with E-state index in [-0.39, 0.29) is 24.2 Å². The Morgan fingerprint density at radius 2 is 1.80 bits per heavy atom. The molecule has 1 aromatic carbocycles. The summed E-state index contributed by atoms with van der Waals surface area (Å²) in [6, 6.07) is 5.72. The second-order valence-electron chi connectivity index (χ2n) is 8.64. The highest BCUT2D eigenvalue weighted by Crippen LogP contribution is 2.25. The van der Waals surface area contributed by atoms with Gasteiger partial charge in [-0.25, -0.2) is 4.79 Å². The van der Waals surface area contributed by atoms with E-state index in [1.165, 1.54) is 6.20 Å². The van der Waals surface area contributed by atoms with Crippen LogP contribution in [0.2, 0.25) is 0 Å². The smallest absolute Gasteiger partial charge is 0.343 e. The van der Waals surface area contributed by atoms with E-state index >= 15 is 0 Å². The monoisotopic (exact) mass is 435 g/mol. The van der Waals surface area contributed by atoms with Crippen molar-refractivity contribution < 1.29 is 23.8 Å². The summed E-state index contributed by atoms with van der Waals surface area (Å²) in [6.07, 6.45) is 1.54. The largest absolute Gasteiger partial charge is 0.459 e. The molecule has 0 aliphatic carbocycles. The molecule has 0 saturated heterocycles. The van der Waals surface area contributed by atoms with Crippen LogP contribution in [0.4, 0.5) is 0 Å². The normalized spacial score (nSPS) is 11.8. The van der Waals surface area contributed by atoms with Gasteiger partial charge in [0.05, 0.1) is 12.1 Å². The van der Waals surface area contributed by atoms with Gasteiger partial charge in [-0.1, -0.05) is 32.4 Å². The first-order chi connectivity index (χ1) is 13.9. The molecule has 0 atom stereocenters. The lowest BCUT2D eigenvalue weighted by molar-refractivity contribution is 0.0439. The topological polar surface area (TPSA) is 98.0 Å². The highest BCUT2D eigenvalue weighted by atomic mass is 31.2. The zero-order valence-electron chi connectivity index (χ0n) is 18.4. The molecule has 0 aliphatic heterocycles. The van der Waals surface area contributed by atoms with Crippen LogP contribution in [0.3, 0.4) is 0 Å². The maximum atomic E-state index is 13.1. The summed E-state index contributed by atoms with van der Waals surface area (Å²) in [6.45, 7) is 12.5. The van der Waals surface area contributed by atoms with Crippen molar-refractivity contribution in [1.82, 2.24) is 4.57 Å². The van der Waals surface area contributed by atoms with Crippen molar-refractivity contribution in [3.63, 3.8) is 0 Å². The van der Waals surface area contributed by atoms with Gasteiger partial charge in [0, 0.05) is 18.1 Å². The first-order valence-electron chi connectivity index (χ1n) is 9.70. The van der Waals surface area contributed by atoms with Gasteiger partial charge in [0.15, 0.2) is 0 Å². The average Bonchev–Trinajstić information content (AvgIpc) is 2.65. The number of hydrogen-bond donors (Lipinski definition) is 2. The van der Waals surface area contributed by atoms with Crippen molar-refractivity contribution in [2.75, 3.05) is 13.2 Å². The van der Waals surface area contributed by atoms with Crippen LogP contribution >= 0.6 is 8.60 Å². The minimum Gasteiger partial charge on any atom is -0.459 e. The lowest BCUT2D eigenvalue weighted by Crippen LogP contribution is -2.24. The number of pyridine rings is 1. The molecule has 1 aromatic heterocycles. The fourth-order valence-electron chi connectivity index (χ4n) is 3.04. The lowest BCUT2D eigenvalue weighted by Gasteiger charge is -2.23. The molecule has 0 bridgehead atoms. The number of fused-ring (bicyclic) bond motifs is 1. The van der Waals surface area contributed by atoms with Gasteiger partial charge in [-0.3, -0.25) is 4.79 Å². The number of hydrogen-bond acceptors (Lipinski definition) is 6. The molecule has 0 fully saturated rings. The third kappa shape index (κ3) is 6.22. The quantitative estimate of drug-likeness (QED) is 0.383. The highest BCUT2D eigenvalue weighted by molar-refractivity contribution is 7.39. The summed E-state index contributed by atoms with van der Waals surface area (Å²) in [5.74, 6) is -0.766. The minimum atomic E-state index is -2.51. The van der Waals surface area contributed by atoms with Gasteiger partial charge in [-0.15, -0.1) is 0 Å². The number of nitrogens with zero attached hydrogens (tertiary/aromatic N) is 1. The fraction of sp³-hybridized carbons (Fsp3) is 0.455. The molecule has 0 aliphatic rings. The number of allylic oxidation sites excluding steroid dienone is 2. The lowest BCUT2D eigenvalue weighted by atomic mass is 9.95. The summed E-state index contributed by atoms with van der Waals surface area (Å²) in [4.78, 5) is 43.2. The van der Waals surface area contributed by atoms with Crippen LogP contribution in [-0.2, 0) is 15.8 Å². The van der Waals surface area contributed by atoms with Crippen LogP contribution < -0.4 is 5.43 Å². The number of rotatable bonds is 7. The van der Waals surface area contributed by atoms with Crippen LogP contribution in [0.15, 0.2) is 34.8 Å². The van der Waals surface area contributed by atoms with E-state index < -0.39 is 20.0 Å². The number of carbonyl (C=O) groups excluding carboxylic acids is 1. The van der Waals surface area contributed by atoms with Gasteiger partial charge in [0.2, 0.25) is 5.43 Å². The second-order valence-corrected chi connectivity index (χ2v) is 9.40. The summed E-state index contributed by atoms with van der Waals surface area (Å²) in [7, 11) is -2.51. The number of ether oxygens (including phenoxy) is 1. The Morgan fingerprint density at radius 1 is 1.13 bits per heavy atom. The third-order valence-corrected chi connectivity index (χ3v) is 5.06. The van der Waals surface area contributed by atoms with E-state index in [1.54, 1.807) is 0 Å². The standard InChI is InChI=1S/C22H30NO6P/c1-14(2)15(3)16-7-8-19-17(11-16)20(24)18(12-23(19)13-22(4,5)6)21(25)28-9-10-29-30(26)27/h7-8,11-12,26-27H,9-10,13H2,1-6H3. The molecule has 30 heavy (non-hydrogen) atoms. The molecule has 2 rings (SSSR count). The van der Waals surface area contributed by atoms with Gasteiger partial charge in [0.25, 0.3) is 0 Å². The molecule has 0 unspecified atom stereocenters. The molecule has 164 valence electrons. The van der Waals surface area contributed by atoms with E-state index in [0.717, 1.165) is 22.2 Å². The molecule has 7 nitrogen and oxygen atoms in total. The average molecular weight is 435 g/mol. The minimum absolute atomic E-state index is 0.0611. The number of aromatic nitrogens is 1. The Balaban J connectivity index is 2.56. The molecule has 0 amide bonds. The van der Waals surface area contributed by atoms with E-state index in [4.69, 9.17) is 14.5 Å². The SMILES string of the molecule is CC(C)=C(C)c1ccc2c(c1)c(=O)c(C(=O)OCCOP(O)O)cn2CC(C)(C)C. The van der Waals surface area contributed by atoms with Crippen molar-refractivity contribution in [3.05, 3.63) is 51.3 Å².